The molecule has 1 atom stereocenters. The van der Waals surface area contributed by atoms with Gasteiger partial charge >= 0.3 is 0 Å². The number of methoxy groups -OCH3 is 1. The lowest BCUT2D eigenvalue weighted by atomic mass is 10.1. The minimum atomic E-state index is -0.540. The van der Waals surface area contributed by atoms with E-state index in [2.05, 4.69) is 4.98 Å². The van der Waals surface area contributed by atoms with E-state index in [4.69, 9.17) is 9.47 Å². The van der Waals surface area contributed by atoms with Gasteiger partial charge in [-0.3, -0.25) is 9.69 Å². The van der Waals surface area contributed by atoms with Crippen LogP contribution in [-0.2, 0) is 4.74 Å². The van der Waals surface area contributed by atoms with Crippen molar-refractivity contribution in [2.24, 2.45) is 0 Å². The van der Waals surface area contributed by atoms with Crippen LogP contribution in [0.25, 0.3) is 11.3 Å². The zero-order chi connectivity index (χ0) is 20.2. The second kappa shape index (κ2) is 8.71. The smallest absolute Gasteiger partial charge is 0.263 e. The van der Waals surface area contributed by atoms with Crippen molar-refractivity contribution in [1.82, 2.24) is 4.98 Å². The summed E-state index contributed by atoms with van der Waals surface area (Å²) in [6, 6.07) is 13.6. The SMILES string of the molecule is COc1ccc(-c2csc(N(CC3CCCO3)C(=O)c3ccccc3F)n2)cc1. The van der Waals surface area contributed by atoms with E-state index in [1.165, 1.54) is 28.4 Å². The summed E-state index contributed by atoms with van der Waals surface area (Å²) in [5, 5.41) is 2.42. The Balaban J connectivity index is 1.64. The van der Waals surface area contributed by atoms with Crippen LogP contribution < -0.4 is 9.64 Å². The first-order valence-corrected chi connectivity index (χ1v) is 10.3. The van der Waals surface area contributed by atoms with Crippen molar-refractivity contribution in [3.63, 3.8) is 0 Å². The van der Waals surface area contributed by atoms with Crippen LogP contribution in [0, 0.1) is 5.82 Å². The molecule has 150 valence electrons. The average molecular weight is 412 g/mol. The number of amides is 1. The number of benzene rings is 2. The molecule has 0 N–H and O–H groups in total. The zero-order valence-electron chi connectivity index (χ0n) is 16.0. The maximum Gasteiger partial charge on any atom is 0.263 e. The lowest BCUT2D eigenvalue weighted by Crippen LogP contribution is -2.38. The molecule has 2 heterocycles. The van der Waals surface area contributed by atoms with Gasteiger partial charge in [-0.2, -0.15) is 0 Å². The molecule has 0 spiro atoms. The number of halogens is 1. The quantitative estimate of drug-likeness (QED) is 0.585. The number of carbonyl (C=O) groups is 1. The molecule has 2 aromatic carbocycles. The van der Waals surface area contributed by atoms with Crippen LogP contribution >= 0.6 is 11.3 Å². The third kappa shape index (κ3) is 4.31. The Morgan fingerprint density at radius 3 is 2.76 bits per heavy atom. The van der Waals surface area contributed by atoms with Crippen molar-refractivity contribution in [3.8, 4) is 17.0 Å². The van der Waals surface area contributed by atoms with Gasteiger partial charge in [0.05, 0.1) is 31.0 Å². The Bertz CT molecular complexity index is 984. The summed E-state index contributed by atoms with van der Waals surface area (Å²) in [4.78, 5) is 19.4. The molecule has 0 radical (unpaired) electrons. The van der Waals surface area contributed by atoms with E-state index in [-0.39, 0.29) is 11.7 Å². The Morgan fingerprint density at radius 1 is 1.28 bits per heavy atom. The minimum Gasteiger partial charge on any atom is -0.497 e. The highest BCUT2D eigenvalue weighted by Crippen LogP contribution is 2.30. The van der Waals surface area contributed by atoms with Gasteiger partial charge in [0.1, 0.15) is 11.6 Å². The molecule has 1 aliphatic rings. The third-order valence-corrected chi connectivity index (χ3v) is 5.73. The van der Waals surface area contributed by atoms with Crippen molar-refractivity contribution in [2.45, 2.75) is 18.9 Å². The highest BCUT2D eigenvalue weighted by molar-refractivity contribution is 7.14. The van der Waals surface area contributed by atoms with E-state index in [1.807, 2.05) is 29.6 Å². The Hall–Kier alpha value is -2.77. The fourth-order valence-electron chi connectivity index (χ4n) is 3.30. The summed E-state index contributed by atoms with van der Waals surface area (Å²) in [7, 11) is 1.62. The van der Waals surface area contributed by atoms with Gasteiger partial charge < -0.3 is 9.47 Å². The fraction of sp³-hybridized carbons (Fsp3) is 0.273. The molecule has 1 amide bonds. The number of rotatable bonds is 6. The van der Waals surface area contributed by atoms with E-state index in [0.717, 1.165) is 29.8 Å². The Morgan fingerprint density at radius 2 is 2.07 bits per heavy atom. The molecular weight excluding hydrogens is 391 g/mol. The van der Waals surface area contributed by atoms with Crippen LogP contribution in [0.15, 0.2) is 53.9 Å². The standard InChI is InChI=1S/C22H21FN2O3S/c1-27-16-10-8-15(9-11-16)20-14-29-22(24-20)25(13-17-5-4-12-28-17)21(26)18-6-2-3-7-19(18)23/h2-3,6-11,14,17H,4-5,12-13H2,1H3. The molecule has 5 nitrogen and oxygen atoms in total. The van der Waals surface area contributed by atoms with Crippen LogP contribution in [0.5, 0.6) is 5.75 Å². The number of hydrogen-bond acceptors (Lipinski definition) is 5. The third-order valence-electron chi connectivity index (χ3n) is 4.87. The topological polar surface area (TPSA) is 51.7 Å². The highest BCUT2D eigenvalue weighted by atomic mass is 32.1. The van der Waals surface area contributed by atoms with Crippen molar-refractivity contribution >= 4 is 22.4 Å². The summed E-state index contributed by atoms with van der Waals surface area (Å²) in [6.45, 7) is 1.03. The van der Waals surface area contributed by atoms with Crippen LogP contribution in [0.3, 0.4) is 0 Å². The average Bonchev–Trinajstić information content (AvgIpc) is 3.44. The predicted molar refractivity (Wildman–Crippen MR) is 111 cm³/mol. The van der Waals surface area contributed by atoms with Crippen LogP contribution in [0.2, 0.25) is 0 Å². The number of carbonyl (C=O) groups excluding carboxylic acids is 1. The zero-order valence-corrected chi connectivity index (χ0v) is 16.8. The lowest BCUT2D eigenvalue weighted by Gasteiger charge is -2.23. The molecule has 1 fully saturated rings. The summed E-state index contributed by atoms with van der Waals surface area (Å²) >= 11 is 1.36. The van der Waals surface area contributed by atoms with Crippen LogP contribution in [-0.4, -0.2) is 37.3 Å². The van der Waals surface area contributed by atoms with Crippen molar-refractivity contribution < 1.29 is 18.7 Å². The molecule has 0 saturated carbocycles. The largest absolute Gasteiger partial charge is 0.497 e. The lowest BCUT2D eigenvalue weighted by molar-refractivity contribution is 0.0914. The molecule has 0 aliphatic carbocycles. The molecular formula is C22H21FN2O3S. The molecule has 29 heavy (non-hydrogen) atoms. The number of hydrogen-bond donors (Lipinski definition) is 0. The van der Waals surface area contributed by atoms with Gasteiger partial charge in [0.15, 0.2) is 5.13 Å². The molecule has 3 aromatic rings. The normalized spacial score (nSPS) is 16.0. The van der Waals surface area contributed by atoms with Gasteiger partial charge in [-0.05, 0) is 49.2 Å². The summed E-state index contributed by atoms with van der Waals surface area (Å²) in [5.74, 6) is -0.185. The molecule has 4 rings (SSSR count). The first-order valence-electron chi connectivity index (χ1n) is 9.43. The van der Waals surface area contributed by atoms with Crippen molar-refractivity contribution in [1.29, 1.82) is 0 Å². The van der Waals surface area contributed by atoms with Gasteiger partial charge in [0.25, 0.3) is 5.91 Å². The molecule has 7 heteroatoms. The second-order valence-corrected chi connectivity index (χ2v) is 7.61. The Kier molecular flexibility index (Phi) is 5.87. The van der Waals surface area contributed by atoms with Crippen molar-refractivity contribution in [2.75, 3.05) is 25.2 Å². The van der Waals surface area contributed by atoms with Crippen LogP contribution in [0.4, 0.5) is 9.52 Å². The van der Waals surface area contributed by atoms with Gasteiger partial charge in [-0.1, -0.05) is 12.1 Å². The van der Waals surface area contributed by atoms with E-state index in [0.29, 0.717) is 18.3 Å². The molecule has 1 aliphatic heterocycles. The Labute approximate surface area is 172 Å². The van der Waals surface area contributed by atoms with E-state index < -0.39 is 11.7 Å². The maximum absolute atomic E-state index is 14.3. The molecule has 1 unspecified atom stereocenters. The highest BCUT2D eigenvalue weighted by Gasteiger charge is 2.28. The first kappa shape index (κ1) is 19.5. The van der Waals surface area contributed by atoms with E-state index in [1.54, 1.807) is 19.2 Å². The maximum atomic E-state index is 14.3. The van der Waals surface area contributed by atoms with Gasteiger partial charge in [0.2, 0.25) is 0 Å². The van der Waals surface area contributed by atoms with E-state index >= 15 is 0 Å². The second-order valence-electron chi connectivity index (χ2n) is 6.77. The number of aromatic nitrogens is 1. The van der Waals surface area contributed by atoms with E-state index in [9.17, 15) is 9.18 Å². The van der Waals surface area contributed by atoms with Crippen LogP contribution in [0.1, 0.15) is 23.2 Å². The fourth-order valence-corrected chi connectivity index (χ4v) is 4.14. The molecule has 1 saturated heterocycles. The van der Waals surface area contributed by atoms with Gasteiger partial charge in [-0.25, -0.2) is 9.37 Å². The minimum absolute atomic E-state index is 0.0340. The molecule has 0 bridgehead atoms. The number of anilines is 1. The monoisotopic (exact) mass is 412 g/mol. The number of thiazole rings is 1. The predicted octanol–water partition coefficient (Wildman–Crippen LogP) is 4.78. The summed E-state index contributed by atoms with van der Waals surface area (Å²) in [6.07, 6.45) is 1.76. The summed E-state index contributed by atoms with van der Waals surface area (Å²) < 4.78 is 25.2. The first-order chi connectivity index (χ1) is 14.2. The van der Waals surface area contributed by atoms with Gasteiger partial charge in [-0.15, -0.1) is 11.3 Å². The van der Waals surface area contributed by atoms with Crippen molar-refractivity contribution in [3.05, 3.63) is 65.3 Å². The number of ether oxygens (including phenoxy) is 2. The number of nitrogens with zero attached hydrogens (tertiary/aromatic N) is 2. The summed E-state index contributed by atoms with van der Waals surface area (Å²) in [5.41, 5.74) is 1.71. The molecule has 1 aromatic heterocycles. The van der Waals surface area contributed by atoms with Gasteiger partial charge in [0, 0.05) is 17.6 Å².